The third kappa shape index (κ3) is 5.09. The number of amides is 2. The van der Waals surface area contributed by atoms with E-state index < -0.39 is 0 Å². The van der Waals surface area contributed by atoms with Crippen LogP contribution >= 0.6 is 0 Å². The molecule has 0 aromatic heterocycles. The lowest BCUT2D eigenvalue weighted by Crippen LogP contribution is -2.40. The van der Waals surface area contributed by atoms with Gasteiger partial charge in [0.1, 0.15) is 11.5 Å². The summed E-state index contributed by atoms with van der Waals surface area (Å²) in [5.41, 5.74) is 0.620. The predicted molar refractivity (Wildman–Crippen MR) is 94.1 cm³/mol. The van der Waals surface area contributed by atoms with E-state index in [1.165, 1.54) is 6.92 Å². The topological polar surface area (TPSA) is 77.1 Å². The lowest BCUT2D eigenvalue weighted by atomic mass is 9.99. The van der Waals surface area contributed by atoms with Gasteiger partial charge in [0.05, 0.1) is 19.9 Å². The van der Waals surface area contributed by atoms with E-state index in [1.807, 2.05) is 0 Å². The molecule has 1 heterocycles. The van der Waals surface area contributed by atoms with Gasteiger partial charge in [0.25, 0.3) is 0 Å². The zero-order valence-electron chi connectivity index (χ0n) is 15.0. The molecule has 1 aliphatic heterocycles. The molecule has 25 heavy (non-hydrogen) atoms. The molecule has 1 saturated heterocycles. The van der Waals surface area contributed by atoms with Crippen molar-refractivity contribution in [2.24, 2.45) is 5.92 Å². The van der Waals surface area contributed by atoms with E-state index in [0.717, 1.165) is 12.8 Å². The summed E-state index contributed by atoms with van der Waals surface area (Å²) in [5.74, 6) is 1.09. The van der Waals surface area contributed by atoms with Gasteiger partial charge in [-0.1, -0.05) is 0 Å². The van der Waals surface area contributed by atoms with E-state index in [4.69, 9.17) is 14.2 Å². The maximum Gasteiger partial charge on any atom is 0.224 e. The number of methoxy groups -OCH3 is 2. The van der Waals surface area contributed by atoms with E-state index in [-0.39, 0.29) is 17.7 Å². The Bertz CT molecular complexity index is 599. The van der Waals surface area contributed by atoms with Crippen molar-refractivity contribution in [1.82, 2.24) is 5.32 Å². The van der Waals surface area contributed by atoms with Crippen LogP contribution in [0.4, 0.5) is 5.69 Å². The van der Waals surface area contributed by atoms with Crippen LogP contribution < -0.4 is 19.7 Å². The molecular formula is C18H26N2O5. The van der Waals surface area contributed by atoms with Crippen molar-refractivity contribution < 1.29 is 23.8 Å². The number of ether oxygens (including phenoxy) is 3. The summed E-state index contributed by atoms with van der Waals surface area (Å²) in [7, 11) is 3.12. The second-order valence-corrected chi connectivity index (χ2v) is 5.89. The van der Waals surface area contributed by atoms with Gasteiger partial charge in [-0.25, -0.2) is 0 Å². The Morgan fingerprint density at radius 1 is 1.24 bits per heavy atom. The van der Waals surface area contributed by atoms with Gasteiger partial charge in [-0.3, -0.25) is 9.59 Å². The van der Waals surface area contributed by atoms with E-state index in [9.17, 15) is 9.59 Å². The molecule has 2 amide bonds. The number of carbonyl (C=O) groups excluding carboxylic acids is 2. The second-order valence-electron chi connectivity index (χ2n) is 5.89. The molecular weight excluding hydrogens is 324 g/mol. The average molecular weight is 350 g/mol. The average Bonchev–Trinajstić information content (AvgIpc) is 2.65. The highest BCUT2D eigenvalue weighted by Crippen LogP contribution is 2.32. The number of nitrogens with zero attached hydrogens (tertiary/aromatic N) is 1. The molecule has 1 N–H and O–H groups in total. The number of carbonyl (C=O) groups is 2. The molecule has 0 unspecified atom stereocenters. The largest absolute Gasteiger partial charge is 0.497 e. The Morgan fingerprint density at radius 2 is 1.96 bits per heavy atom. The quantitative estimate of drug-likeness (QED) is 0.808. The van der Waals surface area contributed by atoms with Crippen LogP contribution in [0.3, 0.4) is 0 Å². The highest BCUT2D eigenvalue weighted by Gasteiger charge is 2.22. The van der Waals surface area contributed by atoms with Crippen molar-refractivity contribution in [3.63, 3.8) is 0 Å². The molecule has 7 heteroatoms. The Kier molecular flexibility index (Phi) is 7.06. The molecule has 138 valence electrons. The number of nitrogens with one attached hydrogen (secondary N) is 1. The highest BCUT2D eigenvalue weighted by atomic mass is 16.5. The molecule has 0 saturated carbocycles. The van der Waals surface area contributed by atoms with Gasteiger partial charge >= 0.3 is 0 Å². The SMILES string of the molecule is COc1ccc(OC)c(N(CCNC(=O)C2CCOCC2)C(C)=O)c1. The zero-order valence-corrected chi connectivity index (χ0v) is 15.0. The third-order valence-electron chi connectivity index (χ3n) is 4.28. The van der Waals surface area contributed by atoms with Crippen molar-refractivity contribution in [3.05, 3.63) is 18.2 Å². The first kappa shape index (κ1) is 19.1. The van der Waals surface area contributed by atoms with Gasteiger partial charge in [0.15, 0.2) is 0 Å². The maximum absolute atomic E-state index is 12.2. The fourth-order valence-corrected chi connectivity index (χ4v) is 2.85. The van der Waals surface area contributed by atoms with Crippen molar-refractivity contribution in [1.29, 1.82) is 0 Å². The lowest BCUT2D eigenvalue weighted by Gasteiger charge is -2.25. The maximum atomic E-state index is 12.2. The van der Waals surface area contributed by atoms with Crippen molar-refractivity contribution in [2.45, 2.75) is 19.8 Å². The van der Waals surface area contributed by atoms with Crippen molar-refractivity contribution in [2.75, 3.05) is 45.4 Å². The number of anilines is 1. The summed E-state index contributed by atoms with van der Waals surface area (Å²) in [6.07, 6.45) is 1.48. The molecule has 0 aliphatic carbocycles. The van der Waals surface area contributed by atoms with Crippen LogP contribution in [0.5, 0.6) is 11.5 Å². The van der Waals surface area contributed by atoms with E-state index in [0.29, 0.717) is 43.5 Å². The van der Waals surface area contributed by atoms with Gasteiger partial charge < -0.3 is 24.4 Å². The van der Waals surface area contributed by atoms with Crippen LogP contribution in [0.2, 0.25) is 0 Å². The fourth-order valence-electron chi connectivity index (χ4n) is 2.85. The van der Waals surface area contributed by atoms with Gasteiger partial charge in [-0.15, -0.1) is 0 Å². The van der Waals surface area contributed by atoms with Crippen LogP contribution in [0.1, 0.15) is 19.8 Å². The first-order valence-corrected chi connectivity index (χ1v) is 8.42. The van der Waals surface area contributed by atoms with E-state index in [2.05, 4.69) is 5.32 Å². The normalized spacial score (nSPS) is 14.7. The van der Waals surface area contributed by atoms with E-state index >= 15 is 0 Å². The smallest absolute Gasteiger partial charge is 0.224 e. The van der Waals surface area contributed by atoms with Crippen LogP contribution in [0.15, 0.2) is 18.2 Å². The minimum Gasteiger partial charge on any atom is -0.497 e. The molecule has 2 rings (SSSR count). The third-order valence-corrected chi connectivity index (χ3v) is 4.28. The summed E-state index contributed by atoms with van der Waals surface area (Å²) in [4.78, 5) is 25.9. The summed E-state index contributed by atoms with van der Waals surface area (Å²) >= 11 is 0. The minimum absolute atomic E-state index is 0.00844. The molecule has 1 aromatic rings. The van der Waals surface area contributed by atoms with Crippen molar-refractivity contribution in [3.8, 4) is 11.5 Å². The molecule has 0 spiro atoms. The first-order chi connectivity index (χ1) is 12.1. The van der Waals surface area contributed by atoms with E-state index in [1.54, 1.807) is 37.3 Å². The Labute approximate surface area is 148 Å². The number of hydrogen-bond donors (Lipinski definition) is 1. The van der Waals surface area contributed by atoms with Gasteiger partial charge in [-0.05, 0) is 25.0 Å². The van der Waals surface area contributed by atoms with Gasteiger partial charge in [-0.2, -0.15) is 0 Å². The molecule has 7 nitrogen and oxygen atoms in total. The monoisotopic (exact) mass is 350 g/mol. The van der Waals surface area contributed by atoms with Crippen LogP contribution in [0.25, 0.3) is 0 Å². The fraction of sp³-hybridized carbons (Fsp3) is 0.556. The number of rotatable bonds is 7. The van der Waals surface area contributed by atoms with Crippen molar-refractivity contribution >= 4 is 17.5 Å². The summed E-state index contributed by atoms with van der Waals surface area (Å²) < 4.78 is 15.8. The standard InChI is InChI=1S/C18H26N2O5/c1-13(21)20(16-12-15(23-2)4-5-17(16)24-3)9-8-19-18(22)14-6-10-25-11-7-14/h4-5,12,14H,6-11H2,1-3H3,(H,19,22). The lowest BCUT2D eigenvalue weighted by molar-refractivity contribution is -0.127. The molecule has 0 atom stereocenters. The molecule has 1 aromatic carbocycles. The van der Waals surface area contributed by atoms with Crippen LogP contribution in [0, 0.1) is 5.92 Å². The molecule has 0 radical (unpaired) electrons. The first-order valence-electron chi connectivity index (χ1n) is 8.42. The Hall–Kier alpha value is -2.28. The predicted octanol–water partition coefficient (Wildman–Crippen LogP) is 1.60. The number of benzene rings is 1. The Balaban J connectivity index is 2.01. The van der Waals surface area contributed by atoms with Crippen LogP contribution in [-0.4, -0.2) is 52.3 Å². The molecule has 1 aliphatic rings. The molecule has 0 bridgehead atoms. The van der Waals surface area contributed by atoms with Gasteiger partial charge in [0.2, 0.25) is 11.8 Å². The summed E-state index contributed by atoms with van der Waals surface area (Å²) in [6.45, 7) is 3.46. The Morgan fingerprint density at radius 3 is 2.56 bits per heavy atom. The minimum atomic E-state index is -0.133. The van der Waals surface area contributed by atoms with Crippen LogP contribution in [-0.2, 0) is 14.3 Å². The summed E-state index contributed by atoms with van der Waals surface area (Å²) in [5, 5.41) is 2.91. The second kappa shape index (κ2) is 9.27. The highest BCUT2D eigenvalue weighted by molar-refractivity contribution is 5.93. The van der Waals surface area contributed by atoms with Gasteiger partial charge in [0, 0.05) is 45.2 Å². The number of hydrogen-bond acceptors (Lipinski definition) is 5. The molecule has 1 fully saturated rings. The zero-order chi connectivity index (χ0) is 18.2. The summed E-state index contributed by atoms with van der Waals surface area (Å²) in [6, 6.07) is 5.28.